The molecule has 1 unspecified atom stereocenters. The molecule has 0 aliphatic rings. The van der Waals surface area contributed by atoms with Crippen LogP contribution >= 0.6 is 0 Å². The van der Waals surface area contributed by atoms with Crippen molar-refractivity contribution in [1.29, 1.82) is 0 Å². The predicted molar refractivity (Wildman–Crippen MR) is 46.6 cm³/mol. The first kappa shape index (κ1) is 11.8. The molecule has 0 amide bonds. The minimum Gasteiger partial charge on any atom is -0.544 e. The zero-order valence-electron chi connectivity index (χ0n) is 8.46. The lowest BCUT2D eigenvalue weighted by Crippen LogP contribution is -2.59. The number of quaternary nitrogens is 1. The number of carboxylic acids is 1. The summed E-state index contributed by atoms with van der Waals surface area (Å²) in [6.45, 7) is 4.92. The number of aliphatic carboxylic acids is 1. The van der Waals surface area contributed by atoms with E-state index in [-0.39, 0.29) is 10.1 Å². The van der Waals surface area contributed by atoms with Gasteiger partial charge in [0.2, 0.25) is 5.78 Å². The van der Waals surface area contributed by atoms with Crippen LogP contribution in [-0.4, -0.2) is 43.4 Å². The van der Waals surface area contributed by atoms with Gasteiger partial charge in [0.05, 0.1) is 21.1 Å². The first-order valence-electron chi connectivity index (χ1n) is 3.89. The Morgan fingerprint density at radius 2 is 1.69 bits per heavy atom. The third-order valence-corrected chi connectivity index (χ3v) is 1.67. The van der Waals surface area contributed by atoms with Crippen molar-refractivity contribution in [1.82, 2.24) is 0 Å². The number of likely N-dealkylation sites (N-methyl/N-ethyl adjacent to an activating group) is 1. The Bertz CT molecular complexity index is 250. The number of carboxylic acid groups (broad SMARTS) is 1. The van der Waals surface area contributed by atoms with Gasteiger partial charge in [0.25, 0.3) is 0 Å². The molecular formula is C9H15NO3. The number of hydrogen-bond donors (Lipinski definition) is 0. The molecule has 0 aliphatic carbocycles. The highest BCUT2D eigenvalue weighted by atomic mass is 16.4. The predicted octanol–water partition coefficient (Wildman–Crippen LogP) is -1.04. The Hall–Kier alpha value is -1.16. The zero-order chi connectivity index (χ0) is 10.8. The van der Waals surface area contributed by atoms with Crippen molar-refractivity contribution in [2.45, 2.75) is 13.0 Å². The van der Waals surface area contributed by atoms with Crippen LogP contribution in [0.15, 0.2) is 12.2 Å². The normalized spacial score (nSPS) is 13.5. The Labute approximate surface area is 78.1 Å². The molecule has 13 heavy (non-hydrogen) atoms. The van der Waals surface area contributed by atoms with Gasteiger partial charge in [0, 0.05) is 0 Å². The highest BCUT2D eigenvalue weighted by Gasteiger charge is 2.32. The third-order valence-electron chi connectivity index (χ3n) is 1.67. The lowest BCUT2D eigenvalue weighted by molar-refractivity contribution is -0.879. The summed E-state index contributed by atoms with van der Waals surface area (Å²) in [6.07, 6.45) is 0. The maximum absolute atomic E-state index is 11.4. The van der Waals surface area contributed by atoms with Crippen molar-refractivity contribution in [3.63, 3.8) is 0 Å². The van der Waals surface area contributed by atoms with Gasteiger partial charge in [0.15, 0.2) is 6.04 Å². The quantitative estimate of drug-likeness (QED) is 0.319. The average molecular weight is 185 g/mol. The highest BCUT2D eigenvalue weighted by molar-refractivity contribution is 6.08. The van der Waals surface area contributed by atoms with Crippen LogP contribution in [0.2, 0.25) is 0 Å². The van der Waals surface area contributed by atoms with Crippen LogP contribution in [0.3, 0.4) is 0 Å². The van der Waals surface area contributed by atoms with Crippen molar-refractivity contribution in [3.05, 3.63) is 12.2 Å². The Morgan fingerprint density at radius 1 is 1.31 bits per heavy atom. The average Bonchev–Trinajstić information content (AvgIpc) is 1.82. The molecular weight excluding hydrogens is 170 g/mol. The minimum atomic E-state index is -1.36. The molecule has 0 heterocycles. The van der Waals surface area contributed by atoms with E-state index in [2.05, 4.69) is 6.58 Å². The summed E-state index contributed by atoms with van der Waals surface area (Å²) in [5, 5.41) is 10.7. The van der Waals surface area contributed by atoms with Crippen LogP contribution in [0.5, 0.6) is 0 Å². The molecule has 0 rings (SSSR count). The van der Waals surface area contributed by atoms with Crippen LogP contribution < -0.4 is 5.11 Å². The monoisotopic (exact) mass is 185 g/mol. The zero-order valence-corrected chi connectivity index (χ0v) is 8.46. The molecule has 0 spiro atoms. The summed E-state index contributed by atoms with van der Waals surface area (Å²) in [5.41, 5.74) is 0.238. The number of carbonyl (C=O) groups excluding carboxylic acids is 2. The molecule has 0 saturated carbocycles. The topological polar surface area (TPSA) is 57.2 Å². The summed E-state index contributed by atoms with van der Waals surface area (Å²) < 4.78 is 0.00796. The molecule has 0 aromatic heterocycles. The van der Waals surface area contributed by atoms with Crippen LogP contribution in [0.1, 0.15) is 6.92 Å². The van der Waals surface area contributed by atoms with Gasteiger partial charge in [-0.25, -0.2) is 0 Å². The Balaban J connectivity index is 4.95. The van der Waals surface area contributed by atoms with Gasteiger partial charge in [-0.2, -0.15) is 0 Å². The molecule has 0 aromatic carbocycles. The van der Waals surface area contributed by atoms with E-state index in [1.54, 1.807) is 21.1 Å². The molecule has 4 heteroatoms. The van der Waals surface area contributed by atoms with E-state index in [9.17, 15) is 14.7 Å². The first-order chi connectivity index (χ1) is 5.68. The third kappa shape index (κ3) is 2.99. The van der Waals surface area contributed by atoms with Gasteiger partial charge in [-0.3, -0.25) is 4.79 Å². The van der Waals surface area contributed by atoms with E-state index in [0.717, 1.165) is 0 Å². The van der Waals surface area contributed by atoms with E-state index in [1.807, 2.05) is 0 Å². The lowest BCUT2D eigenvalue weighted by atomic mass is 10.1. The highest BCUT2D eigenvalue weighted by Crippen LogP contribution is 2.08. The molecule has 0 fully saturated rings. The lowest BCUT2D eigenvalue weighted by Gasteiger charge is -2.33. The van der Waals surface area contributed by atoms with Gasteiger partial charge < -0.3 is 14.4 Å². The molecule has 0 aliphatic heterocycles. The van der Waals surface area contributed by atoms with Crippen molar-refractivity contribution in [2.75, 3.05) is 21.1 Å². The molecule has 0 saturated heterocycles. The molecule has 0 bridgehead atoms. The van der Waals surface area contributed by atoms with Gasteiger partial charge in [-0.15, -0.1) is 0 Å². The molecule has 4 nitrogen and oxygen atoms in total. The van der Waals surface area contributed by atoms with Crippen molar-refractivity contribution >= 4 is 11.8 Å². The molecule has 74 valence electrons. The first-order valence-corrected chi connectivity index (χ1v) is 3.89. The molecule has 1 atom stereocenters. The van der Waals surface area contributed by atoms with E-state index in [1.165, 1.54) is 6.92 Å². The second kappa shape index (κ2) is 3.70. The smallest absolute Gasteiger partial charge is 0.221 e. The van der Waals surface area contributed by atoms with Crippen molar-refractivity contribution in [3.8, 4) is 0 Å². The number of ketones is 1. The number of Topliss-reactive ketones (excluding diaryl/α,β-unsaturated/α-hetero) is 1. The number of rotatable bonds is 4. The van der Waals surface area contributed by atoms with Gasteiger partial charge >= 0.3 is 0 Å². The Morgan fingerprint density at radius 3 is 1.77 bits per heavy atom. The Kier molecular flexibility index (Phi) is 3.37. The van der Waals surface area contributed by atoms with Gasteiger partial charge in [-0.05, 0) is 12.5 Å². The van der Waals surface area contributed by atoms with Crippen LogP contribution in [0.25, 0.3) is 0 Å². The van der Waals surface area contributed by atoms with Gasteiger partial charge in [-0.1, -0.05) is 6.58 Å². The fourth-order valence-electron chi connectivity index (χ4n) is 1.01. The van der Waals surface area contributed by atoms with E-state index >= 15 is 0 Å². The molecule has 0 aromatic rings. The number of nitrogens with zero attached hydrogens (tertiary/aromatic N) is 1. The van der Waals surface area contributed by atoms with Crippen LogP contribution in [0.4, 0.5) is 0 Å². The van der Waals surface area contributed by atoms with E-state index < -0.39 is 17.8 Å². The summed E-state index contributed by atoms with van der Waals surface area (Å²) in [7, 11) is 4.88. The van der Waals surface area contributed by atoms with E-state index in [4.69, 9.17) is 0 Å². The fraction of sp³-hybridized carbons (Fsp3) is 0.556. The summed E-state index contributed by atoms with van der Waals surface area (Å²) in [5.74, 6) is -1.84. The maximum atomic E-state index is 11.4. The molecule has 0 N–H and O–H groups in total. The number of hydrogen-bond acceptors (Lipinski definition) is 3. The fourth-order valence-corrected chi connectivity index (χ4v) is 1.01. The summed E-state index contributed by atoms with van der Waals surface area (Å²) >= 11 is 0. The van der Waals surface area contributed by atoms with Crippen molar-refractivity contribution in [2.24, 2.45) is 0 Å². The SMILES string of the molecule is C=C(C)C(=O)C(C(=O)[O-])[N+](C)(C)C. The van der Waals surface area contributed by atoms with E-state index in [0.29, 0.717) is 0 Å². The minimum absolute atomic E-state index is 0.00796. The van der Waals surface area contributed by atoms with Gasteiger partial charge in [0.1, 0.15) is 5.97 Å². The van der Waals surface area contributed by atoms with Crippen LogP contribution in [0, 0.1) is 0 Å². The maximum Gasteiger partial charge on any atom is 0.221 e. The second-order valence-electron chi connectivity index (χ2n) is 3.98. The second-order valence-corrected chi connectivity index (χ2v) is 3.98. The largest absolute Gasteiger partial charge is 0.544 e. The standard InChI is InChI=1S/C9H15NO3/c1-6(2)8(11)7(9(12)13)10(3,4)5/h7H,1H2,2-5H3. The summed E-state index contributed by atoms with van der Waals surface area (Å²) in [4.78, 5) is 22.1. The van der Waals surface area contributed by atoms with Crippen LogP contribution in [-0.2, 0) is 9.59 Å². The van der Waals surface area contributed by atoms with Crippen molar-refractivity contribution < 1.29 is 19.2 Å². The number of carbonyl (C=O) groups is 2. The summed E-state index contributed by atoms with van der Waals surface area (Å²) in [6, 6.07) is -1.17. The molecule has 0 radical (unpaired) electrons.